The molecule has 1 heterocycles. The number of methoxy groups -OCH3 is 1. The Morgan fingerprint density at radius 1 is 1.15 bits per heavy atom. The van der Waals surface area contributed by atoms with Crippen molar-refractivity contribution in [3.63, 3.8) is 0 Å². The van der Waals surface area contributed by atoms with Crippen LogP contribution in [0.1, 0.15) is 38.1 Å². The summed E-state index contributed by atoms with van der Waals surface area (Å²) in [7, 11) is 3.08. The van der Waals surface area contributed by atoms with Crippen molar-refractivity contribution < 1.29 is 23.9 Å². The smallest absolute Gasteiger partial charge is 0.341 e. The van der Waals surface area contributed by atoms with E-state index in [4.69, 9.17) is 9.47 Å². The molecule has 0 saturated heterocycles. The maximum absolute atomic E-state index is 12.4. The molecular weight excluding hydrogens is 368 g/mol. The molecule has 0 aliphatic carbocycles. The molecule has 8 heteroatoms. The number of ether oxygens (including phenoxy) is 2. The Kier molecular flexibility index (Phi) is 6.95. The first-order chi connectivity index (χ1) is 12.9. The molecule has 0 spiro atoms. The van der Waals surface area contributed by atoms with E-state index in [0.29, 0.717) is 21.2 Å². The van der Waals surface area contributed by atoms with Crippen LogP contribution in [0, 0.1) is 6.92 Å². The zero-order valence-corrected chi connectivity index (χ0v) is 16.5. The molecule has 2 rings (SSSR count). The van der Waals surface area contributed by atoms with Crippen molar-refractivity contribution in [2.45, 2.75) is 20.3 Å². The Labute approximate surface area is 161 Å². The first-order valence-corrected chi connectivity index (χ1v) is 9.18. The number of benzene rings is 1. The Morgan fingerprint density at radius 3 is 2.37 bits per heavy atom. The predicted molar refractivity (Wildman–Crippen MR) is 104 cm³/mol. The summed E-state index contributed by atoms with van der Waals surface area (Å²) in [6.07, 6.45) is 0.124. The zero-order chi connectivity index (χ0) is 20.0. The molecule has 2 amide bonds. The highest BCUT2D eigenvalue weighted by Crippen LogP contribution is 2.34. The van der Waals surface area contributed by atoms with Crippen LogP contribution >= 0.6 is 11.3 Å². The molecule has 0 radical (unpaired) electrons. The average Bonchev–Trinajstić information content (AvgIpc) is 2.97. The van der Waals surface area contributed by atoms with E-state index >= 15 is 0 Å². The number of nitrogens with one attached hydrogen (secondary N) is 2. The van der Waals surface area contributed by atoms with Gasteiger partial charge in [0.2, 0.25) is 5.91 Å². The Hall–Kier alpha value is -2.87. The summed E-state index contributed by atoms with van der Waals surface area (Å²) >= 11 is 1.05. The largest absolute Gasteiger partial charge is 0.497 e. The summed E-state index contributed by atoms with van der Waals surface area (Å²) in [6.45, 7) is 3.55. The summed E-state index contributed by atoms with van der Waals surface area (Å²) in [5.74, 6) is -0.483. The number of carbonyl (C=O) groups is 3. The van der Waals surface area contributed by atoms with Crippen LogP contribution in [-0.2, 0) is 16.0 Å². The Bertz CT molecular complexity index is 843. The van der Waals surface area contributed by atoms with Gasteiger partial charge in [0.25, 0.3) is 5.91 Å². The van der Waals surface area contributed by atoms with Gasteiger partial charge >= 0.3 is 5.97 Å². The average molecular weight is 390 g/mol. The van der Waals surface area contributed by atoms with E-state index in [2.05, 4.69) is 10.6 Å². The van der Waals surface area contributed by atoms with Crippen molar-refractivity contribution in [3.05, 3.63) is 45.8 Å². The Morgan fingerprint density at radius 2 is 1.81 bits per heavy atom. The number of thiophene rings is 1. The number of hydrogen-bond donors (Lipinski definition) is 2. The molecule has 0 atom stereocenters. The molecule has 0 bridgehead atoms. The fourth-order valence-electron chi connectivity index (χ4n) is 2.48. The van der Waals surface area contributed by atoms with E-state index in [9.17, 15) is 14.4 Å². The van der Waals surface area contributed by atoms with Gasteiger partial charge in [0, 0.05) is 7.05 Å². The van der Waals surface area contributed by atoms with Crippen LogP contribution in [0.3, 0.4) is 0 Å². The normalized spacial score (nSPS) is 10.2. The van der Waals surface area contributed by atoms with Crippen molar-refractivity contribution >= 4 is 34.1 Å². The maximum Gasteiger partial charge on any atom is 0.341 e. The fraction of sp³-hybridized carbons (Fsp3) is 0.316. The minimum atomic E-state index is -0.568. The molecular formula is C19H22N2O5S. The quantitative estimate of drug-likeness (QED) is 0.709. The Balaban J connectivity index is 2.25. The van der Waals surface area contributed by atoms with Crippen LogP contribution < -0.4 is 15.4 Å². The number of hydrogen-bond acceptors (Lipinski definition) is 6. The summed E-state index contributed by atoms with van der Waals surface area (Å²) < 4.78 is 10.2. The topological polar surface area (TPSA) is 93.7 Å². The van der Waals surface area contributed by atoms with E-state index in [1.165, 1.54) is 7.05 Å². The first-order valence-electron chi connectivity index (χ1n) is 8.36. The van der Waals surface area contributed by atoms with Gasteiger partial charge in [-0.3, -0.25) is 9.59 Å². The molecule has 0 aliphatic rings. The van der Waals surface area contributed by atoms with Crippen LogP contribution in [0.25, 0.3) is 0 Å². The van der Waals surface area contributed by atoms with E-state index < -0.39 is 5.97 Å². The van der Waals surface area contributed by atoms with Crippen molar-refractivity contribution in [1.29, 1.82) is 0 Å². The maximum atomic E-state index is 12.4. The van der Waals surface area contributed by atoms with Gasteiger partial charge in [-0.25, -0.2) is 4.79 Å². The second-order valence-electron chi connectivity index (χ2n) is 5.63. The molecule has 1 aromatic heterocycles. The van der Waals surface area contributed by atoms with E-state index in [0.717, 1.165) is 16.9 Å². The number of rotatable bonds is 7. The molecule has 0 aliphatic heterocycles. The monoisotopic (exact) mass is 390 g/mol. The lowest BCUT2D eigenvalue weighted by Gasteiger charge is -2.07. The van der Waals surface area contributed by atoms with E-state index in [1.807, 2.05) is 0 Å². The third kappa shape index (κ3) is 4.85. The van der Waals surface area contributed by atoms with Gasteiger partial charge in [0.05, 0.1) is 30.6 Å². The molecule has 2 N–H and O–H groups in total. The van der Waals surface area contributed by atoms with Gasteiger partial charge in [-0.1, -0.05) is 12.1 Å². The summed E-state index contributed by atoms with van der Waals surface area (Å²) in [5.41, 5.74) is 1.49. The van der Waals surface area contributed by atoms with Crippen LogP contribution in [-0.4, -0.2) is 38.5 Å². The van der Waals surface area contributed by atoms with Crippen molar-refractivity contribution in [3.8, 4) is 5.75 Å². The standard InChI is InChI=1S/C19H22N2O5S/c1-5-26-19(24)15-11(2)16(17(23)20-3)27-18(15)21-14(22)10-12-6-8-13(25-4)9-7-12/h6-9H,5,10H2,1-4H3,(H,20,23)(H,21,22). The lowest BCUT2D eigenvalue weighted by Crippen LogP contribution is -2.18. The fourth-order valence-corrected chi connectivity index (χ4v) is 3.64. The zero-order valence-electron chi connectivity index (χ0n) is 15.7. The molecule has 0 unspecified atom stereocenters. The van der Waals surface area contributed by atoms with E-state index in [1.54, 1.807) is 45.2 Å². The molecule has 0 saturated carbocycles. The first kappa shape index (κ1) is 20.4. The molecule has 27 heavy (non-hydrogen) atoms. The number of carbonyl (C=O) groups excluding carboxylic acids is 3. The van der Waals surface area contributed by atoms with Gasteiger partial charge in [-0.15, -0.1) is 11.3 Å². The van der Waals surface area contributed by atoms with Gasteiger partial charge < -0.3 is 20.1 Å². The highest BCUT2D eigenvalue weighted by atomic mass is 32.1. The van der Waals surface area contributed by atoms with Crippen molar-refractivity contribution in [1.82, 2.24) is 5.32 Å². The summed E-state index contributed by atoms with van der Waals surface area (Å²) in [6, 6.07) is 7.12. The summed E-state index contributed by atoms with van der Waals surface area (Å²) in [4.78, 5) is 37.2. The minimum absolute atomic E-state index is 0.124. The minimum Gasteiger partial charge on any atom is -0.497 e. The lowest BCUT2D eigenvalue weighted by molar-refractivity contribution is -0.115. The second kappa shape index (κ2) is 9.18. The lowest BCUT2D eigenvalue weighted by atomic mass is 10.1. The van der Waals surface area contributed by atoms with Crippen molar-refractivity contribution in [2.75, 3.05) is 26.1 Å². The molecule has 2 aromatic rings. The number of anilines is 1. The molecule has 7 nitrogen and oxygen atoms in total. The SMILES string of the molecule is CCOC(=O)c1c(NC(=O)Cc2ccc(OC)cc2)sc(C(=O)NC)c1C. The number of amides is 2. The van der Waals surface area contributed by atoms with Gasteiger partial charge in [0.15, 0.2) is 0 Å². The highest BCUT2D eigenvalue weighted by molar-refractivity contribution is 7.18. The highest BCUT2D eigenvalue weighted by Gasteiger charge is 2.26. The van der Waals surface area contributed by atoms with Gasteiger partial charge in [-0.2, -0.15) is 0 Å². The van der Waals surface area contributed by atoms with Crippen LogP contribution in [0.4, 0.5) is 5.00 Å². The second-order valence-corrected chi connectivity index (χ2v) is 6.65. The molecule has 1 aromatic carbocycles. The van der Waals surface area contributed by atoms with Gasteiger partial charge in [-0.05, 0) is 37.1 Å². The summed E-state index contributed by atoms with van der Waals surface area (Å²) in [5, 5.41) is 5.58. The molecule has 0 fully saturated rings. The van der Waals surface area contributed by atoms with Gasteiger partial charge in [0.1, 0.15) is 10.8 Å². The molecule has 144 valence electrons. The van der Waals surface area contributed by atoms with Crippen LogP contribution in [0.15, 0.2) is 24.3 Å². The third-order valence-electron chi connectivity index (χ3n) is 3.84. The van der Waals surface area contributed by atoms with Crippen LogP contribution in [0.5, 0.6) is 5.75 Å². The number of esters is 1. The third-order valence-corrected chi connectivity index (χ3v) is 5.04. The van der Waals surface area contributed by atoms with E-state index in [-0.39, 0.29) is 30.4 Å². The predicted octanol–water partition coefficient (Wildman–Crippen LogP) is 2.78. The van der Waals surface area contributed by atoms with Crippen LogP contribution in [0.2, 0.25) is 0 Å². The van der Waals surface area contributed by atoms with Crippen molar-refractivity contribution in [2.24, 2.45) is 0 Å².